The molecule has 0 aliphatic rings. The van der Waals surface area contributed by atoms with Crippen molar-refractivity contribution in [2.45, 2.75) is 27.3 Å². The molecule has 0 fully saturated rings. The highest BCUT2D eigenvalue weighted by Gasteiger charge is 2.16. The Kier molecular flexibility index (Phi) is 4.93. The summed E-state index contributed by atoms with van der Waals surface area (Å²) in [7, 11) is 0. The van der Waals surface area contributed by atoms with Gasteiger partial charge < -0.3 is 5.32 Å². The fourth-order valence-corrected chi connectivity index (χ4v) is 1.83. The first-order chi connectivity index (χ1) is 7.97. The van der Waals surface area contributed by atoms with E-state index < -0.39 is 0 Å². The van der Waals surface area contributed by atoms with Gasteiger partial charge in [-0.15, -0.1) is 6.58 Å². The minimum Gasteiger partial charge on any atom is -0.352 e. The summed E-state index contributed by atoms with van der Waals surface area (Å²) in [6.45, 7) is 10.5. The molecule has 1 aromatic heterocycles. The molecular formula is C12H18BrN3O. The summed E-state index contributed by atoms with van der Waals surface area (Å²) in [5.41, 5.74) is 1.99. The molecule has 0 radical (unpaired) electrons. The fourth-order valence-electron chi connectivity index (χ4n) is 1.54. The van der Waals surface area contributed by atoms with E-state index in [0.717, 1.165) is 15.9 Å². The normalized spacial score (nSPS) is 12.2. The first-order valence-corrected chi connectivity index (χ1v) is 6.34. The molecule has 1 N–H and O–H groups in total. The Morgan fingerprint density at radius 1 is 1.65 bits per heavy atom. The summed E-state index contributed by atoms with van der Waals surface area (Å²) in [5, 5.41) is 7.17. The van der Waals surface area contributed by atoms with E-state index in [0.29, 0.717) is 13.1 Å². The number of carbonyl (C=O) groups is 1. The predicted octanol–water partition coefficient (Wildman–Crippen LogP) is 2.20. The van der Waals surface area contributed by atoms with E-state index in [4.69, 9.17) is 0 Å². The molecule has 0 unspecified atom stereocenters. The molecular weight excluding hydrogens is 282 g/mol. The van der Waals surface area contributed by atoms with Gasteiger partial charge in [0, 0.05) is 12.2 Å². The van der Waals surface area contributed by atoms with Crippen LogP contribution in [0.25, 0.3) is 0 Å². The van der Waals surface area contributed by atoms with Crippen LogP contribution in [0.3, 0.4) is 0 Å². The zero-order valence-corrected chi connectivity index (χ0v) is 12.0. The molecule has 0 spiro atoms. The monoisotopic (exact) mass is 299 g/mol. The zero-order chi connectivity index (χ0) is 13.0. The Morgan fingerprint density at radius 2 is 2.29 bits per heavy atom. The van der Waals surface area contributed by atoms with Crippen molar-refractivity contribution in [1.82, 2.24) is 15.1 Å². The van der Waals surface area contributed by atoms with Crippen LogP contribution in [0.1, 0.15) is 18.3 Å². The van der Waals surface area contributed by atoms with Crippen molar-refractivity contribution >= 4 is 21.8 Å². The fraction of sp³-hybridized carbons (Fsp3) is 0.500. The van der Waals surface area contributed by atoms with Crippen molar-refractivity contribution in [2.75, 3.05) is 6.54 Å². The molecule has 0 aliphatic heterocycles. The van der Waals surface area contributed by atoms with E-state index in [-0.39, 0.29) is 11.8 Å². The Balaban J connectivity index is 2.67. The average Bonchev–Trinajstić information content (AvgIpc) is 2.54. The molecule has 17 heavy (non-hydrogen) atoms. The third-order valence-corrected chi connectivity index (χ3v) is 3.76. The van der Waals surface area contributed by atoms with Gasteiger partial charge in [-0.05, 0) is 29.8 Å². The molecule has 1 heterocycles. The van der Waals surface area contributed by atoms with Crippen LogP contribution in [0.4, 0.5) is 0 Å². The molecule has 0 saturated carbocycles. The van der Waals surface area contributed by atoms with Gasteiger partial charge in [-0.3, -0.25) is 9.48 Å². The molecule has 94 valence electrons. The largest absolute Gasteiger partial charge is 0.352 e. The van der Waals surface area contributed by atoms with Crippen LogP contribution < -0.4 is 5.32 Å². The van der Waals surface area contributed by atoms with Crippen LogP contribution in [0.15, 0.2) is 17.1 Å². The number of aryl methyl sites for hydroxylation is 1. The zero-order valence-electron chi connectivity index (χ0n) is 10.5. The van der Waals surface area contributed by atoms with Crippen LogP contribution in [0.5, 0.6) is 0 Å². The highest BCUT2D eigenvalue weighted by Crippen LogP contribution is 2.20. The van der Waals surface area contributed by atoms with Crippen molar-refractivity contribution in [2.24, 2.45) is 5.92 Å². The summed E-state index contributed by atoms with van der Waals surface area (Å²) in [6, 6.07) is 0. The number of rotatable bonds is 5. The van der Waals surface area contributed by atoms with Gasteiger partial charge >= 0.3 is 0 Å². The highest BCUT2D eigenvalue weighted by molar-refractivity contribution is 9.10. The minimum atomic E-state index is -0.111. The lowest BCUT2D eigenvalue weighted by Gasteiger charge is -2.12. The van der Waals surface area contributed by atoms with Gasteiger partial charge in [-0.2, -0.15) is 5.10 Å². The number of carbonyl (C=O) groups excluding carboxylic acids is 1. The van der Waals surface area contributed by atoms with Crippen LogP contribution >= 0.6 is 15.9 Å². The number of hydrogen-bond acceptors (Lipinski definition) is 2. The molecule has 1 atom stereocenters. The van der Waals surface area contributed by atoms with Crippen molar-refractivity contribution < 1.29 is 4.79 Å². The molecule has 4 nitrogen and oxygen atoms in total. The standard InChI is InChI=1S/C12H18BrN3O/c1-5-6-14-12(17)8(2)7-16-10(4)11(13)9(3)15-16/h5,8H,1,6-7H2,2-4H3,(H,14,17)/t8-/m0/s1. The van der Waals surface area contributed by atoms with Crippen molar-refractivity contribution in [3.8, 4) is 0 Å². The predicted molar refractivity (Wildman–Crippen MR) is 71.8 cm³/mol. The van der Waals surface area contributed by atoms with Gasteiger partial charge in [0.15, 0.2) is 0 Å². The number of hydrogen-bond donors (Lipinski definition) is 1. The molecule has 1 rings (SSSR count). The van der Waals surface area contributed by atoms with Crippen LogP contribution in [-0.4, -0.2) is 22.2 Å². The SMILES string of the molecule is C=CCNC(=O)[C@@H](C)Cn1nc(C)c(Br)c1C. The van der Waals surface area contributed by atoms with E-state index >= 15 is 0 Å². The molecule has 0 bridgehead atoms. The molecule has 0 saturated heterocycles. The minimum absolute atomic E-state index is 0.0218. The summed E-state index contributed by atoms with van der Waals surface area (Å²) in [5.74, 6) is -0.0894. The quantitative estimate of drug-likeness (QED) is 0.847. The van der Waals surface area contributed by atoms with Crippen molar-refractivity contribution in [1.29, 1.82) is 0 Å². The van der Waals surface area contributed by atoms with Gasteiger partial charge in [-0.1, -0.05) is 13.0 Å². The van der Waals surface area contributed by atoms with Crippen LogP contribution in [0, 0.1) is 19.8 Å². The number of halogens is 1. The smallest absolute Gasteiger partial charge is 0.224 e. The number of nitrogens with one attached hydrogen (secondary N) is 1. The number of nitrogens with zero attached hydrogens (tertiary/aromatic N) is 2. The first-order valence-electron chi connectivity index (χ1n) is 5.55. The lowest BCUT2D eigenvalue weighted by Crippen LogP contribution is -2.32. The van der Waals surface area contributed by atoms with E-state index in [1.165, 1.54) is 0 Å². The number of amides is 1. The highest BCUT2D eigenvalue weighted by atomic mass is 79.9. The Hall–Kier alpha value is -1.10. The van der Waals surface area contributed by atoms with E-state index in [9.17, 15) is 4.79 Å². The summed E-state index contributed by atoms with van der Waals surface area (Å²) >= 11 is 3.47. The van der Waals surface area contributed by atoms with Gasteiger partial charge in [0.25, 0.3) is 0 Å². The van der Waals surface area contributed by atoms with Crippen molar-refractivity contribution in [3.63, 3.8) is 0 Å². The van der Waals surface area contributed by atoms with Gasteiger partial charge in [0.1, 0.15) is 0 Å². The Morgan fingerprint density at radius 3 is 2.76 bits per heavy atom. The molecule has 1 aromatic rings. The van der Waals surface area contributed by atoms with Gasteiger partial charge in [0.2, 0.25) is 5.91 Å². The molecule has 1 amide bonds. The maximum absolute atomic E-state index is 11.7. The number of aromatic nitrogens is 2. The topological polar surface area (TPSA) is 46.9 Å². The summed E-state index contributed by atoms with van der Waals surface area (Å²) in [6.07, 6.45) is 1.67. The van der Waals surface area contributed by atoms with E-state index in [2.05, 4.69) is 32.9 Å². The lowest BCUT2D eigenvalue weighted by molar-refractivity contribution is -0.124. The van der Waals surface area contributed by atoms with Crippen LogP contribution in [0.2, 0.25) is 0 Å². The van der Waals surface area contributed by atoms with Gasteiger partial charge in [-0.25, -0.2) is 0 Å². The second-order valence-corrected chi connectivity index (χ2v) is 4.89. The van der Waals surface area contributed by atoms with Gasteiger partial charge in [0.05, 0.1) is 22.6 Å². The Labute approximate surface area is 110 Å². The van der Waals surface area contributed by atoms with E-state index in [1.807, 2.05) is 25.5 Å². The summed E-state index contributed by atoms with van der Waals surface area (Å²) < 4.78 is 2.87. The molecule has 0 aliphatic carbocycles. The summed E-state index contributed by atoms with van der Waals surface area (Å²) in [4.78, 5) is 11.7. The maximum atomic E-state index is 11.7. The third kappa shape index (κ3) is 3.43. The van der Waals surface area contributed by atoms with E-state index in [1.54, 1.807) is 6.08 Å². The molecule has 0 aromatic carbocycles. The second-order valence-electron chi connectivity index (χ2n) is 4.10. The first kappa shape index (κ1) is 14.0. The maximum Gasteiger partial charge on any atom is 0.224 e. The van der Waals surface area contributed by atoms with Crippen molar-refractivity contribution in [3.05, 3.63) is 28.5 Å². The molecule has 5 heteroatoms. The lowest BCUT2D eigenvalue weighted by atomic mass is 10.1. The van der Waals surface area contributed by atoms with Crippen LogP contribution in [-0.2, 0) is 11.3 Å². The Bertz CT molecular complexity index is 426. The average molecular weight is 300 g/mol. The third-order valence-electron chi connectivity index (χ3n) is 2.61. The second kappa shape index (κ2) is 6.00.